The monoisotopic (exact) mass is 346 g/mol. The van der Waals surface area contributed by atoms with Crippen molar-refractivity contribution in [3.8, 4) is 5.75 Å². The standard InChI is InChI=1S/C18H19FN2O4/c1-21-7-6-12(9-17(21)22)18(23)20-15-10-13(19)4-5-16(15)25-11-14-3-2-8-24-14/h4-7,9-10,14H,2-3,8,11H2,1H3,(H,20,23). The van der Waals surface area contributed by atoms with E-state index in [0.29, 0.717) is 19.0 Å². The number of amides is 1. The van der Waals surface area contributed by atoms with E-state index < -0.39 is 11.7 Å². The van der Waals surface area contributed by atoms with Crippen LogP contribution >= 0.6 is 0 Å². The van der Waals surface area contributed by atoms with Gasteiger partial charge in [-0.1, -0.05) is 0 Å². The van der Waals surface area contributed by atoms with Gasteiger partial charge in [0.2, 0.25) is 0 Å². The molecule has 2 heterocycles. The van der Waals surface area contributed by atoms with Crippen molar-refractivity contribution in [1.82, 2.24) is 4.57 Å². The molecule has 132 valence electrons. The molecule has 1 atom stereocenters. The molecular weight excluding hydrogens is 327 g/mol. The van der Waals surface area contributed by atoms with Crippen molar-refractivity contribution < 1.29 is 18.7 Å². The summed E-state index contributed by atoms with van der Waals surface area (Å²) in [6.45, 7) is 1.05. The van der Waals surface area contributed by atoms with Gasteiger partial charge in [-0.2, -0.15) is 0 Å². The fourth-order valence-corrected chi connectivity index (χ4v) is 2.57. The van der Waals surface area contributed by atoms with Crippen molar-refractivity contribution in [3.05, 3.63) is 58.3 Å². The number of aromatic nitrogens is 1. The Morgan fingerprint density at radius 1 is 1.40 bits per heavy atom. The molecule has 6 nitrogen and oxygen atoms in total. The molecule has 1 N–H and O–H groups in total. The smallest absolute Gasteiger partial charge is 0.256 e. The molecule has 0 radical (unpaired) electrons. The number of halogens is 1. The molecule has 1 aliphatic heterocycles. The molecule has 0 spiro atoms. The first kappa shape index (κ1) is 17.2. The molecule has 0 aliphatic carbocycles. The summed E-state index contributed by atoms with van der Waals surface area (Å²) in [7, 11) is 1.59. The number of carbonyl (C=O) groups excluding carboxylic acids is 1. The number of hydrogen-bond acceptors (Lipinski definition) is 4. The molecule has 1 fully saturated rings. The maximum atomic E-state index is 13.6. The van der Waals surface area contributed by atoms with Gasteiger partial charge in [-0.3, -0.25) is 9.59 Å². The third-order valence-corrected chi connectivity index (χ3v) is 4.01. The Balaban J connectivity index is 1.75. The van der Waals surface area contributed by atoms with E-state index in [1.807, 2.05) is 0 Å². The summed E-state index contributed by atoms with van der Waals surface area (Å²) in [6, 6.07) is 6.65. The second-order valence-electron chi connectivity index (χ2n) is 5.91. The summed E-state index contributed by atoms with van der Waals surface area (Å²) in [5.41, 5.74) is 0.0999. The lowest BCUT2D eigenvalue weighted by atomic mass is 10.2. The Kier molecular flexibility index (Phi) is 5.14. The molecule has 1 unspecified atom stereocenters. The molecule has 1 amide bonds. The molecular formula is C18H19FN2O4. The summed E-state index contributed by atoms with van der Waals surface area (Å²) < 4.78 is 26.1. The lowest BCUT2D eigenvalue weighted by Crippen LogP contribution is -2.21. The highest BCUT2D eigenvalue weighted by atomic mass is 19.1. The van der Waals surface area contributed by atoms with Crippen molar-refractivity contribution in [1.29, 1.82) is 0 Å². The summed E-state index contributed by atoms with van der Waals surface area (Å²) in [5, 5.41) is 2.60. The van der Waals surface area contributed by atoms with Gasteiger partial charge in [-0.25, -0.2) is 4.39 Å². The first-order valence-corrected chi connectivity index (χ1v) is 8.05. The minimum absolute atomic E-state index is 0.00532. The van der Waals surface area contributed by atoms with Gasteiger partial charge >= 0.3 is 0 Å². The van der Waals surface area contributed by atoms with Crippen molar-refractivity contribution in [2.45, 2.75) is 18.9 Å². The lowest BCUT2D eigenvalue weighted by molar-refractivity contribution is 0.0681. The number of hydrogen-bond donors (Lipinski definition) is 1. The highest BCUT2D eigenvalue weighted by molar-refractivity contribution is 6.04. The fraction of sp³-hybridized carbons (Fsp3) is 0.333. The Morgan fingerprint density at radius 2 is 2.24 bits per heavy atom. The average molecular weight is 346 g/mol. The molecule has 1 aromatic carbocycles. The van der Waals surface area contributed by atoms with Crippen LogP contribution in [0.3, 0.4) is 0 Å². The van der Waals surface area contributed by atoms with Gasteiger partial charge in [0, 0.05) is 37.5 Å². The number of pyridine rings is 1. The Bertz CT molecular complexity index is 828. The Hall–Kier alpha value is -2.67. The molecule has 25 heavy (non-hydrogen) atoms. The van der Waals surface area contributed by atoms with Crippen LogP contribution in [0.2, 0.25) is 0 Å². The first-order chi connectivity index (χ1) is 12.0. The average Bonchev–Trinajstić information content (AvgIpc) is 3.10. The number of nitrogens with zero attached hydrogens (tertiary/aromatic N) is 1. The maximum Gasteiger partial charge on any atom is 0.256 e. The molecule has 0 bridgehead atoms. The van der Waals surface area contributed by atoms with Gasteiger partial charge < -0.3 is 19.4 Å². The number of anilines is 1. The molecule has 7 heteroatoms. The summed E-state index contributed by atoms with van der Waals surface area (Å²) in [5.74, 6) is -0.650. The van der Waals surface area contributed by atoms with Crippen molar-refractivity contribution in [2.75, 3.05) is 18.5 Å². The lowest BCUT2D eigenvalue weighted by Gasteiger charge is -2.15. The molecule has 0 saturated carbocycles. The van der Waals surface area contributed by atoms with Crippen molar-refractivity contribution in [3.63, 3.8) is 0 Å². The third kappa shape index (κ3) is 4.24. The van der Waals surface area contributed by atoms with Crippen LogP contribution < -0.4 is 15.6 Å². The van der Waals surface area contributed by atoms with E-state index in [2.05, 4.69) is 5.32 Å². The van der Waals surface area contributed by atoms with E-state index in [9.17, 15) is 14.0 Å². The first-order valence-electron chi connectivity index (χ1n) is 8.05. The summed E-state index contributed by atoms with van der Waals surface area (Å²) in [6.07, 6.45) is 3.41. The Morgan fingerprint density at radius 3 is 2.96 bits per heavy atom. The van der Waals surface area contributed by atoms with Crippen LogP contribution in [0, 0.1) is 5.82 Å². The second-order valence-corrected chi connectivity index (χ2v) is 5.91. The maximum absolute atomic E-state index is 13.6. The van der Waals surface area contributed by atoms with E-state index in [-0.39, 0.29) is 22.9 Å². The molecule has 1 aromatic heterocycles. The predicted octanol–water partition coefficient (Wildman–Crippen LogP) is 2.33. The molecule has 1 saturated heterocycles. The zero-order chi connectivity index (χ0) is 17.8. The summed E-state index contributed by atoms with van der Waals surface area (Å²) >= 11 is 0. The number of carbonyl (C=O) groups is 1. The number of benzene rings is 1. The van der Waals surface area contributed by atoms with Crippen molar-refractivity contribution in [2.24, 2.45) is 7.05 Å². The van der Waals surface area contributed by atoms with Crippen LogP contribution in [-0.2, 0) is 11.8 Å². The van der Waals surface area contributed by atoms with Crippen molar-refractivity contribution >= 4 is 11.6 Å². The SMILES string of the molecule is Cn1ccc(C(=O)Nc2cc(F)ccc2OCC2CCCO2)cc1=O. The quantitative estimate of drug-likeness (QED) is 0.902. The summed E-state index contributed by atoms with van der Waals surface area (Å²) in [4.78, 5) is 24.0. The normalized spacial score (nSPS) is 16.6. The van der Waals surface area contributed by atoms with Crippen LogP contribution in [0.4, 0.5) is 10.1 Å². The Labute approximate surface area is 144 Å². The predicted molar refractivity (Wildman–Crippen MR) is 90.5 cm³/mol. The number of ether oxygens (including phenoxy) is 2. The van der Waals surface area contributed by atoms with Gasteiger partial charge in [0.25, 0.3) is 11.5 Å². The van der Waals surface area contributed by atoms with E-state index in [1.165, 1.54) is 41.1 Å². The van der Waals surface area contributed by atoms with E-state index in [1.54, 1.807) is 7.05 Å². The minimum Gasteiger partial charge on any atom is -0.489 e. The highest BCUT2D eigenvalue weighted by Crippen LogP contribution is 2.27. The van der Waals surface area contributed by atoms with Gasteiger partial charge in [0.15, 0.2) is 0 Å². The number of rotatable bonds is 5. The zero-order valence-corrected chi connectivity index (χ0v) is 13.8. The second kappa shape index (κ2) is 7.48. The molecule has 3 rings (SSSR count). The minimum atomic E-state index is -0.509. The van der Waals surface area contributed by atoms with Gasteiger partial charge in [0.1, 0.15) is 18.2 Å². The van der Waals surface area contributed by atoms with Crippen LogP contribution in [0.15, 0.2) is 41.3 Å². The molecule has 1 aliphatic rings. The van der Waals surface area contributed by atoms with E-state index in [0.717, 1.165) is 12.8 Å². The van der Waals surface area contributed by atoms with Crippen LogP contribution in [0.5, 0.6) is 5.75 Å². The van der Waals surface area contributed by atoms with Gasteiger partial charge in [0.05, 0.1) is 11.8 Å². The topological polar surface area (TPSA) is 69.6 Å². The van der Waals surface area contributed by atoms with E-state index >= 15 is 0 Å². The number of nitrogens with one attached hydrogen (secondary N) is 1. The fourth-order valence-electron chi connectivity index (χ4n) is 2.57. The van der Waals surface area contributed by atoms with E-state index in [4.69, 9.17) is 9.47 Å². The zero-order valence-electron chi connectivity index (χ0n) is 13.8. The molecule has 2 aromatic rings. The van der Waals surface area contributed by atoms with Crippen LogP contribution in [0.1, 0.15) is 23.2 Å². The van der Waals surface area contributed by atoms with Gasteiger partial charge in [-0.15, -0.1) is 0 Å². The van der Waals surface area contributed by atoms with Crippen LogP contribution in [0.25, 0.3) is 0 Å². The highest BCUT2D eigenvalue weighted by Gasteiger charge is 2.18. The number of aryl methyl sites for hydroxylation is 1. The van der Waals surface area contributed by atoms with Gasteiger partial charge in [-0.05, 0) is 31.0 Å². The van der Waals surface area contributed by atoms with Crippen LogP contribution in [-0.4, -0.2) is 29.8 Å². The third-order valence-electron chi connectivity index (χ3n) is 4.01. The largest absolute Gasteiger partial charge is 0.489 e.